The number of hydrogen-bond donors (Lipinski definition) is 1. The number of methoxy groups -OCH3 is 1. The molecule has 1 aromatic rings. The van der Waals surface area contributed by atoms with Gasteiger partial charge in [0.15, 0.2) is 0 Å². The van der Waals surface area contributed by atoms with Gasteiger partial charge in [0.1, 0.15) is 12.4 Å². The highest BCUT2D eigenvalue weighted by atomic mass is 19.3. The maximum Gasteiger partial charge on any atom is 0.261 e. The SMILES string of the molecule is COc1cc(N)cc(COCC(F)F)c1. The van der Waals surface area contributed by atoms with E-state index in [1.54, 1.807) is 18.2 Å². The van der Waals surface area contributed by atoms with Gasteiger partial charge in [-0.15, -0.1) is 0 Å². The number of hydrogen-bond acceptors (Lipinski definition) is 3. The number of alkyl halides is 2. The molecule has 1 aromatic carbocycles. The van der Waals surface area contributed by atoms with E-state index in [4.69, 9.17) is 15.2 Å². The maximum absolute atomic E-state index is 11.8. The molecule has 0 radical (unpaired) electrons. The van der Waals surface area contributed by atoms with Crippen molar-refractivity contribution in [3.05, 3.63) is 23.8 Å². The summed E-state index contributed by atoms with van der Waals surface area (Å²) in [7, 11) is 1.51. The molecule has 84 valence electrons. The summed E-state index contributed by atoms with van der Waals surface area (Å²) in [6, 6.07) is 5.01. The number of anilines is 1. The number of nitrogen functional groups attached to an aromatic ring is 1. The van der Waals surface area contributed by atoms with Crippen molar-refractivity contribution in [3.63, 3.8) is 0 Å². The van der Waals surface area contributed by atoms with E-state index >= 15 is 0 Å². The molecule has 15 heavy (non-hydrogen) atoms. The molecule has 0 aliphatic heterocycles. The third kappa shape index (κ3) is 4.12. The summed E-state index contributed by atoms with van der Waals surface area (Å²) in [5.74, 6) is 0.589. The number of halogens is 2. The zero-order valence-corrected chi connectivity index (χ0v) is 8.37. The third-order valence-electron chi connectivity index (χ3n) is 1.74. The Morgan fingerprint density at radius 1 is 1.33 bits per heavy atom. The molecule has 0 aliphatic rings. The van der Waals surface area contributed by atoms with Gasteiger partial charge in [0.05, 0.1) is 13.7 Å². The molecule has 2 N–H and O–H groups in total. The fourth-order valence-corrected chi connectivity index (χ4v) is 1.15. The molecule has 0 aliphatic carbocycles. The van der Waals surface area contributed by atoms with E-state index in [9.17, 15) is 8.78 Å². The summed E-state index contributed by atoms with van der Waals surface area (Å²) in [6.07, 6.45) is -2.45. The van der Waals surface area contributed by atoms with Gasteiger partial charge in [-0.25, -0.2) is 8.78 Å². The second-order valence-corrected chi connectivity index (χ2v) is 3.02. The molecule has 5 heteroatoms. The van der Waals surface area contributed by atoms with Crippen molar-refractivity contribution >= 4 is 5.69 Å². The molecule has 0 bridgehead atoms. The van der Waals surface area contributed by atoms with Crippen LogP contribution in [0.25, 0.3) is 0 Å². The normalized spacial score (nSPS) is 10.7. The minimum absolute atomic E-state index is 0.103. The molecule has 0 aromatic heterocycles. The van der Waals surface area contributed by atoms with E-state index < -0.39 is 13.0 Å². The van der Waals surface area contributed by atoms with Crippen molar-refractivity contribution in [1.29, 1.82) is 0 Å². The zero-order valence-electron chi connectivity index (χ0n) is 8.37. The van der Waals surface area contributed by atoms with Crippen LogP contribution in [-0.2, 0) is 11.3 Å². The number of rotatable bonds is 5. The highest BCUT2D eigenvalue weighted by molar-refractivity contribution is 5.47. The summed E-state index contributed by atoms with van der Waals surface area (Å²) < 4.78 is 33.3. The smallest absolute Gasteiger partial charge is 0.261 e. The number of ether oxygens (including phenoxy) is 2. The van der Waals surface area contributed by atoms with E-state index in [1.165, 1.54) is 7.11 Å². The molecule has 0 unspecified atom stereocenters. The topological polar surface area (TPSA) is 44.5 Å². The van der Waals surface area contributed by atoms with Crippen LogP contribution in [0.5, 0.6) is 5.75 Å². The lowest BCUT2D eigenvalue weighted by Crippen LogP contribution is -2.04. The van der Waals surface area contributed by atoms with Gasteiger partial charge < -0.3 is 15.2 Å². The Morgan fingerprint density at radius 3 is 2.67 bits per heavy atom. The molecule has 0 atom stereocenters. The van der Waals surface area contributed by atoms with Crippen LogP contribution in [0.2, 0.25) is 0 Å². The first-order valence-corrected chi connectivity index (χ1v) is 4.41. The monoisotopic (exact) mass is 217 g/mol. The van der Waals surface area contributed by atoms with Crippen LogP contribution >= 0.6 is 0 Å². The number of benzene rings is 1. The second-order valence-electron chi connectivity index (χ2n) is 3.02. The lowest BCUT2D eigenvalue weighted by Gasteiger charge is -2.07. The quantitative estimate of drug-likeness (QED) is 0.768. The first kappa shape index (κ1) is 11.7. The van der Waals surface area contributed by atoms with Crippen molar-refractivity contribution in [2.24, 2.45) is 0 Å². The maximum atomic E-state index is 11.8. The molecule has 0 heterocycles. The fraction of sp³-hybridized carbons (Fsp3) is 0.400. The summed E-state index contributed by atoms with van der Waals surface area (Å²) >= 11 is 0. The molecular formula is C10H13F2NO2. The van der Waals surface area contributed by atoms with Crippen LogP contribution in [0.1, 0.15) is 5.56 Å². The first-order chi connectivity index (χ1) is 7.11. The van der Waals surface area contributed by atoms with Gasteiger partial charge in [-0.2, -0.15) is 0 Å². The van der Waals surface area contributed by atoms with Gasteiger partial charge in [-0.05, 0) is 17.7 Å². The van der Waals surface area contributed by atoms with Crippen molar-refractivity contribution in [2.75, 3.05) is 19.5 Å². The summed E-state index contributed by atoms with van der Waals surface area (Å²) in [5.41, 5.74) is 6.82. The minimum atomic E-state index is -2.45. The van der Waals surface area contributed by atoms with Gasteiger partial charge in [0.2, 0.25) is 0 Å². The fourth-order valence-electron chi connectivity index (χ4n) is 1.15. The van der Waals surface area contributed by atoms with E-state index in [1.807, 2.05) is 0 Å². The van der Waals surface area contributed by atoms with Crippen LogP contribution in [0.15, 0.2) is 18.2 Å². The van der Waals surface area contributed by atoms with Gasteiger partial charge in [-0.3, -0.25) is 0 Å². The lowest BCUT2D eigenvalue weighted by molar-refractivity contribution is 0.00986. The molecule has 3 nitrogen and oxygen atoms in total. The Hall–Kier alpha value is -1.36. The van der Waals surface area contributed by atoms with Crippen molar-refractivity contribution in [1.82, 2.24) is 0 Å². The molecule has 1 rings (SSSR count). The predicted molar refractivity (Wildman–Crippen MR) is 53.1 cm³/mol. The molecule has 0 spiro atoms. The van der Waals surface area contributed by atoms with E-state index in [0.717, 1.165) is 0 Å². The van der Waals surface area contributed by atoms with Gasteiger partial charge in [0, 0.05) is 11.8 Å². The van der Waals surface area contributed by atoms with E-state index in [2.05, 4.69) is 0 Å². The molecule has 0 saturated carbocycles. The molecule has 0 saturated heterocycles. The Balaban J connectivity index is 2.56. The van der Waals surface area contributed by atoms with Crippen molar-refractivity contribution < 1.29 is 18.3 Å². The lowest BCUT2D eigenvalue weighted by atomic mass is 10.2. The Morgan fingerprint density at radius 2 is 2.07 bits per heavy atom. The highest BCUT2D eigenvalue weighted by Crippen LogP contribution is 2.19. The molecule has 0 fully saturated rings. The van der Waals surface area contributed by atoms with Crippen LogP contribution in [-0.4, -0.2) is 20.1 Å². The molecule has 0 amide bonds. The van der Waals surface area contributed by atoms with Crippen molar-refractivity contribution in [3.8, 4) is 5.75 Å². The van der Waals surface area contributed by atoms with Gasteiger partial charge in [-0.1, -0.05) is 0 Å². The highest BCUT2D eigenvalue weighted by Gasteiger charge is 2.03. The third-order valence-corrected chi connectivity index (χ3v) is 1.74. The van der Waals surface area contributed by atoms with Gasteiger partial charge in [0.25, 0.3) is 6.43 Å². The van der Waals surface area contributed by atoms with Crippen LogP contribution in [0.3, 0.4) is 0 Å². The van der Waals surface area contributed by atoms with Crippen LogP contribution < -0.4 is 10.5 Å². The predicted octanol–water partition coefficient (Wildman–Crippen LogP) is 2.06. The Bertz CT molecular complexity index is 318. The largest absolute Gasteiger partial charge is 0.497 e. The van der Waals surface area contributed by atoms with Gasteiger partial charge >= 0.3 is 0 Å². The van der Waals surface area contributed by atoms with E-state index in [0.29, 0.717) is 17.0 Å². The summed E-state index contributed by atoms with van der Waals surface area (Å²) in [5, 5.41) is 0. The average Bonchev–Trinajstić information content (AvgIpc) is 2.16. The Kier molecular flexibility index (Phi) is 4.30. The van der Waals surface area contributed by atoms with Crippen LogP contribution in [0.4, 0.5) is 14.5 Å². The van der Waals surface area contributed by atoms with Crippen molar-refractivity contribution in [2.45, 2.75) is 13.0 Å². The minimum Gasteiger partial charge on any atom is -0.497 e. The molecular weight excluding hydrogens is 204 g/mol. The summed E-state index contributed by atoms with van der Waals surface area (Å²) in [4.78, 5) is 0. The zero-order chi connectivity index (χ0) is 11.3. The van der Waals surface area contributed by atoms with E-state index in [-0.39, 0.29) is 6.61 Å². The number of nitrogens with two attached hydrogens (primary N) is 1. The second kappa shape index (κ2) is 5.50. The average molecular weight is 217 g/mol. The standard InChI is InChI=1S/C10H13F2NO2/c1-14-9-3-7(2-8(13)4-9)5-15-6-10(11)12/h2-4,10H,5-6,13H2,1H3. The Labute approximate surface area is 86.8 Å². The van der Waals surface area contributed by atoms with Crippen LogP contribution in [0, 0.1) is 0 Å². The first-order valence-electron chi connectivity index (χ1n) is 4.41. The summed E-state index contributed by atoms with van der Waals surface area (Å²) in [6.45, 7) is -0.469.